The lowest BCUT2D eigenvalue weighted by atomic mass is 9.73. The van der Waals surface area contributed by atoms with E-state index >= 15 is 0 Å². The Morgan fingerprint density at radius 1 is 0.909 bits per heavy atom. The van der Waals surface area contributed by atoms with E-state index in [9.17, 15) is 5.11 Å². The number of hydrogen-bond acceptors (Lipinski definition) is 2. The van der Waals surface area contributed by atoms with Crippen molar-refractivity contribution in [2.45, 2.75) is 33.1 Å². The smallest absolute Gasteiger partial charge is 0.115 e. The molecule has 0 fully saturated rings. The molecule has 118 valence electrons. The largest absolute Gasteiger partial charge is 0.508 e. The van der Waals surface area contributed by atoms with E-state index in [0.29, 0.717) is 24.1 Å². The topological polar surface area (TPSA) is 46.2 Å². The van der Waals surface area contributed by atoms with E-state index in [1.165, 1.54) is 11.1 Å². The van der Waals surface area contributed by atoms with Crippen molar-refractivity contribution in [1.29, 1.82) is 0 Å². The van der Waals surface area contributed by atoms with Gasteiger partial charge in [0.2, 0.25) is 0 Å². The number of phenols is 1. The number of hydrogen-bond donors (Lipinski definition) is 2. The molecule has 0 aliphatic rings. The van der Waals surface area contributed by atoms with Gasteiger partial charge in [0.1, 0.15) is 5.75 Å². The lowest BCUT2D eigenvalue weighted by Crippen LogP contribution is -2.30. The van der Waals surface area contributed by atoms with Gasteiger partial charge in [0.05, 0.1) is 0 Å². The van der Waals surface area contributed by atoms with Crippen LogP contribution in [0.2, 0.25) is 0 Å². The number of nitrogens with two attached hydrogens (primary N) is 1. The van der Waals surface area contributed by atoms with Gasteiger partial charge in [0.25, 0.3) is 0 Å². The molecule has 2 rings (SSSR count). The number of rotatable bonds is 5. The van der Waals surface area contributed by atoms with Crippen molar-refractivity contribution in [3.8, 4) is 5.75 Å². The first-order chi connectivity index (χ1) is 10.4. The van der Waals surface area contributed by atoms with Gasteiger partial charge in [-0.15, -0.1) is 0 Å². The van der Waals surface area contributed by atoms with E-state index in [1.54, 1.807) is 12.1 Å². The molecule has 2 heteroatoms. The molecular formula is C20H27NO. The quantitative estimate of drug-likeness (QED) is 0.851. The van der Waals surface area contributed by atoms with Crippen molar-refractivity contribution in [1.82, 2.24) is 0 Å². The molecule has 0 radical (unpaired) electrons. The van der Waals surface area contributed by atoms with Crippen LogP contribution in [-0.4, -0.2) is 11.7 Å². The van der Waals surface area contributed by atoms with Crippen molar-refractivity contribution in [3.63, 3.8) is 0 Å². The summed E-state index contributed by atoms with van der Waals surface area (Å²) in [4.78, 5) is 0. The predicted octanol–water partition coefficient (Wildman–Crippen LogP) is 4.54. The Bertz CT molecular complexity index is 569. The molecule has 0 aliphatic heterocycles. The van der Waals surface area contributed by atoms with Crippen LogP contribution in [0.3, 0.4) is 0 Å². The Balaban J connectivity index is 2.36. The van der Waals surface area contributed by atoms with E-state index in [4.69, 9.17) is 5.73 Å². The van der Waals surface area contributed by atoms with Crippen LogP contribution < -0.4 is 5.73 Å². The summed E-state index contributed by atoms with van der Waals surface area (Å²) in [6, 6.07) is 18.1. The molecule has 0 saturated carbocycles. The van der Waals surface area contributed by atoms with Gasteiger partial charge in [-0.2, -0.15) is 0 Å². The Morgan fingerprint density at radius 2 is 1.45 bits per heavy atom. The first-order valence-corrected chi connectivity index (χ1v) is 7.95. The number of benzene rings is 2. The van der Waals surface area contributed by atoms with Crippen LogP contribution in [0.1, 0.15) is 44.2 Å². The minimum Gasteiger partial charge on any atom is -0.508 e. The first-order valence-electron chi connectivity index (χ1n) is 7.95. The van der Waals surface area contributed by atoms with E-state index in [0.717, 1.165) is 6.42 Å². The molecule has 0 saturated heterocycles. The second kappa shape index (κ2) is 6.97. The summed E-state index contributed by atoms with van der Waals surface area (Å²) in [6.07, 6.45) is 1.01. The highest BCUT2D eigenvalue weighted by molar-refractivity contribution is 5.35. The van der Waals surface area contributed by atoms with Gasteiger partial charge in [0, 0.05) is 5.92 Å². The fourth-order valence-corrected chi connectivity index (χ4v) is 2.94. The van der Waals surface area contributed by atoms with Crippen LogP contribution >= 0.6 is 0 Å². The van der Waals surface area contributed by atoms with Crippen LogP contribution in [0.4, 0.5) is 0 Å². The lowest BCUT2D eigenvalue weighted by Gasteiger charge is -2.33. The van der Waals surface area contributed by atoms with Crippen LogP contribution in [0.15, 0.2) is 54.6 Å². The molecule has 2 aromatic carbocycles. The summed E-state index contributed by atoms with van der Waals surface area (Å²) in [6.45, 7) is 7.45. The molecule has 3 N–H and O–H groups in total. The van der Waals surface area contributed by atoms with Crippen molar-refractivity contribution in [2.75, 3.05) is 6.54 Å². The predicted molar refractivity (Wildman–Crippen MR) is 93.0 cm³/mol. The Labute approximate surface area is 134 Å². The van der Waals surface area contributed by atoms with Gasteiger partial charge in [-0.3, -0.25) is 0 Å². The summed E-state index contributed by atoms with van der Waals surface area (Å²) in [5, 5.41) is 9.55. The summed E-state index contributed by atoms with van der Waals surface area (Å²) in [5.74, 6) is 1.04. The van der Waals surface area contributed by atoms with E-state index in [2.05, 4.69) is 45.0 Å². The third kappa shape index (κ3) is 4.11. The second-order valence-electron chi connectivity index (χ2n) is 7.09. The average Bonchev–Trinajstić information content (AvgIpc) is 2.49. The highest BCUT2D eigenvalue weighted by atomic mass is 16.3. The molecule has 0 aliphatic carbocycles. The van der Waals surface area contributed by atoms with E-state index in [1.807, 2.05) is 18.2 Å². The zero-order valence-electron chi connectivity index (χ0n) is 13.8. The van der Waals surface area contributed by atoms with Gasteiger partial charge in [-0.1, -0.05) is 63.2 Å². The normalized spacial score (nSPS) is 14.5. The van der Waals surface area contributed by atoms with Crippen molar-refractivity contribution in [2.24, 2.45) is 17.1 Å². The zero-order valence-corrected chi connectivity index (χ0v) is 13.8. The maximum Gasteiger partial charge on any atom is 0.115 e. The molecule has 2 aromatic rings. The molecular weight excluding hydrogens is 270 g/mol. The first kappa shape index (κ1) is 16.6. The fourth-order valence-electron chi connectivity index (χ4n) is 2.94. The minimum absolute atomic E-state index is 0.179. The van der Waals surface area contributed by atoms with Gasteiger partial charge in [-0.25, -0.2) is 0 Å². The van der Waals surface area contributed by atoms with Crippen LogP contribution in [0.5, 0.6) is 5.75 Å². The van der Waals surface area contributed by atoms with Gasteiger partial charge in [0.15, 0.2) is 0 Å². The third-order valence-electron chi connectivity index (χ3n) is 4.53. The standard InChI is InChI=1S/C20H27NO/c1-20(2,3)17(14-21)13-19(15-7-5-4-6-8-15)16-9-11-18(22)12-10-16/h4-12,17,19,22H,13-14,21H2,1-3H3. The average molecular weight is 297 g/mol. The molecule has 2 nitrogen and oxygen atoms in total. The third-order valence-corrected chi connectivity index (χ3v) is 4.53. The monoisotopic (exact) mass is 297 g/mol. The zero-order chi connectivity index (χ0) is 16.2. The SMILES string of the molecule is CC(C)(C)C(CN)CC(c1ccccc1)c1ccc(O)cc1. The molecule has 0 spiro atoms. The van der Waals surface area contributed by atoms with E-state index < -0.39 is 0 Å². The maximum absolute atomic E-state index is 9.55. The Hall–Kier alpha value is -1.80. The van der Waals surface area contributed by atoms with Crippen molar-refractivity contribution in [3.05, 3.63) is 65.7 Å². The number of phenolic OH excluding ortho intramolecular Hbond substituents is 1. The second-order valence-corrected chi connectivity index (χ2v) is 7.09. The summed E-state index contributed by atoms with van der Waals surface area (Å²) in [5.41, 5.74) is 8.76. The fraction of sp³-hybridized carbons (Fsp3) is 0.400. The summed E-state index contributed by atoms with van der Waals surface area (Å²) in [7, 11) is 0. The van der Waals surface area contributed by atoms with Gasteiger partial charge in [-0.05, 0) is 47.6 Å². The van der Waals surface area contributed by atoms with Gasteiger partial charge < -0.3 is 10.8 Å². The molecule has 0 heterocycles. The highest BCUT2D eigenvalue weighted by Crippen LogP contribution is 2.37. The van der Waals surface area contributed by atoms with Crippen LogP contribution in [-0.2, 0) is 0 Å². The molecule has 0 aromatic heterocycles. The number of aromatic hydroxyl groups is 1. The van der Waals surface area contributed by atoms with Crippen molar-refractivity contribution >= 4 is 0 Å². The molecule has 2 atom stereocenters. The Kier molecular flexibility index (Phi) is 5.25. The molecule has 0 bridgehead atoms. The molecule has 22 heavy (non-hydrogen) atoms. The molecule has 2 unspecified atom stereocenters. The molecule has 0 amide bonds. The highest BCUT2D eigenvalue weighted by Gasteiger charge is 2.27. The van der Waals surface area contributed by atoms with E-state index in [-0.39, 0.29) is 5.41 Å². The maximum atomic E-state index is 9.55. The van der Waals surface area contributed by atoms with Crippen molar-refractivity contribution < 1.29 is 5.11 Å². The summed E-state index contributed by atoms with van der Waals surface area (Å²) < 4.78 is 0. The van der Waals surface area contributed by atoms with Gasteiger partial charge >= 0.3 is 0 Å². The van der Waals surface area contributed by atoms with Crippen LogP contribution in [0.25, 0.3) is 0 Å². The summed E-state index contributed by atoms with van der Waals surface area (Å²) >= 11 is 0. The van der Waals surface area contributed by atoms with Crippen LogP contribution in [0, 0.1) is 11.3 Å². The lowest BCUT2D eigenvalue weighted by molar-refractivity contribution is 0.225. The Morgan fingerprint density at radius 3 is 1.95 bits per heavy atom. The minimum atomic E-state index is 0.179.